The third-order valence-corrected chi connectivity index (χ3v) is 13.7. The second kappa shape index (κ2) is 69.8. The Hall–Kier alpha value is -4.34. The molecule has 0 radical (unpaired) electrons. The molecule has 0 aromatic carbocycles. The fraction of sp³-hybridized carbons (Fsp3) is 0.875. The van der Waals surface area contributed by atoms with Gasteiger partial charge < -0.3 is 57.0 Å². The fourth-order valence-electron chi connectivity index (χ4n) is 8.56. The Labute approximate surface area is 517 Å². The van der Waals surface area contributed by atoms with Crippen molar-refractivity contribution in [2.45, 2.75) is 206 Å². The number of allylic oxidation sites excluding steroid dienone is 4. The van der Waals surface area contributed by atoms with E-state index < -0.39 is 11.9 Å². The molecule has 0 N–H and O–H groups in total. The van der Waals surface area contributed by atoms with Gasteiger partial charge in [0.2, 0.25) is 5.91 Å². The Morgan fingerprint density at radius 1 is 0.360 bits per heavy atom. The van der Waals surface area contributed by atoms with Crippen LogP contribution in [0.25, 0.3) is 20.9 Å². The molecule has 0 aromatic heterocycles. The zero-order valence-electron chi connectivity index (χ0n) is 53.6. The van der Waals surface area contributed by atoms with E-state index in [1.54, 1.807) is 4.90 Å². The van der Waals surface area contributed by atoms with Gasteiger partial charge in [0.15, 0.2) is 0 Å². The Morgan fingerprint density at radius 3 is 1.01 bits per heavy atom. The van der Waals surface area contributed by atoms with Crippen molar-refractivity contribution in [2.24, 2.45) is 16.1 Å². The standard InChI is InChI=1S/C64H117N7O15/c1-3-5-7-9-11-13-15-17-19-21-23-25-27-29-31-33-62(73)84-57-60(58-85-63(74)34-32-30-28-26-24-22-20-18-16-14-12-10-8-6-4-2)59-86-64(75)36-42-77-48-47-76-41-35-61(72)71(39-45-80-51-55-82-53-49-78-43-37-67-69-65)40-46-81-52-56-83-54-50-79-44-38-68-70-66/h17-20,60H,3-16,21-59H2,1-2H3/b19-17-,20-18-. The molecular formula is C64H117N7O15. The van der Waals surface area contributed by atoms with Gasteiger partial charge in [0.25, 0.3) is 0 Å². The Morgan fingerprint density at radius 2 is 0.651 bits per heavy atom. The molecule has 1 amide bonds. The number of hydrogen-bond acceptors (Lipinski definition) is 17. The van der Waals surface area contributed by atoms with Crippen molar-refractivity contribution in [1.82, 2.24) is 4.90 Å². The van der Waals surface area contributed by atoms with Gasteiger partial charge >= 0.3 is 17.9 Å². The van der Waals surface area contributed by atoms with Crippen LogP contribution < -0.4 is 0 Å². The van der Waals surface area contributed by atoms with Crippen LogP contribution in [-0.4, -0.2) is 180 Å². The Balaban J connectivity index is 4.80. The van der Waals surface area contributed by atoms with Gasteiger partial charge in [-0.25, -0.2) is 0 Å². The lowest BCUT2D eigenvalue weighted by molar-refractivity contribution is -0.154. The minimum atomic E-state index is -0.511. The van der Waals surface area contributed by atoms with E-state index in [9.17, 15) is 19.2 Å². The van der Waals surface area contributed by atoms with Crippen molar-refractivity contribution in [1.29, 1.82) is 0 Å². The summed E-state index contributed by atoms with van der Waals surface area (Å²) in [5.74, 6) is -1.78. The summed E-state index contributed by atoms with van der Waals surface area (Å²) in [7, 11) is 0. The van der Waals surface area contributed by atoms with Crippen LogP contribution in [0, 0.1) is 5.92 Å². The number of amides is 1. The summed E-state index contributed by atoms with van der Waals surface area (Å²) >= 11 is 0. The van der Waals surface area contributed by atoms with E-state index in [0.717, 1.165) is 77.0 Å². The molecular weight excluding hydrogens is 1110 g/mol. The van der Waals surface area contributed by atoms with Crippen molar-refractivity contribution in [3.63, 3.8) is 0 Å². The second-order valence-electron chi connectivity index (χ2n) is 21.3. The van der Waals surface area contributed by atoms with Crippen LogP contribution in [-0.2, 0) is 71.3 Å². The average Bonchev–Trinajstić information content (AvgIpc) is 3.59. The number of esters is 3. The zero-order chi connectivity index (χ0) is 62.4. The highest BCUT2D eigenvalue weighted by Gasteiger charge is 2.19. The van der Waals surface area contributed by atoms with Gasteiger partial charge in [0.05, 0.1) is 124 Å². The summed E-state index contributed by atoms with van der Waals surface area (Å²) in [4.78, 5) is 58.5. The normalized spacial score (nSPS) is 11.4. The minimum Gasteiger partial charge on any atom is -0.465 e. The monoisotopic (exact) mass is 1220 g/mol. The molecule has 22 heteroatoms. The van der Waals surface area contributed by atoms with Crippen molar-refractivity contribution >= 4 is 23.8 Å². The van der Waals surface area contributed by atoms with Gasteiger partial charge in [0, 0.05) is 48.8 Å². The van der Waals surface area contributed by atoms with Crippen LogP contribution in [0.4, 0.5) is 0 Å². The minimum absolute atomic E-state index is 0.0176. The molecule has 0 fully saturated rings. The Bertz CT molecular complexity index is 1610. The molecule has 0 saturated heterocycles. The van der Waals surface area contributed by atoms with Crippen LogP contribution >= 0.6 is 0 Å². The first kappa shape index (κ1) is 81.7. The maximum absolute atomic E-state index is 13.2. The highest BCUT2D eigenvalue weighted by molar-refractivity contribution is 5.76. The third kappa shape index (κ3) is 64.1. The van der Waals surface area contributed by atoms with Crippen molar-refractivity contribution in [3.8, 4) is 0 Å². The van der Waals surface area contributed by atoms with Crippen molar-refractivity contribution in [3.05, 3.63) is 45.2 Å². The van der Waals surface area contributed by atoms with Gasteiger partial charge in [-0.3, -0.25) is 19.2 Å². The van der Waals surface area contributed by atoms with Crippen molar-refractivity contribution in [2.75, 3.05) is 152 Å². The molecule has 22 nitrogen and oxygen atoms in total. The van der Waals surface area contributed by atoms with E-state index in [-0.39, 0.29) is 103 Å². The number of hydrogen-bond donors (Lipinski definition) is 0. The molecule has 0 atom stereocenters. The lowest BCUT2D eigenvalue weighted by atomic mass is 10.1. The predicted octanol–water partition coefficient (Wildman–Crippen LogP) is 13.7. The first-order valence-electron chi connectivity index (χ1n) is 33.1. The summed E-state index contributed by atoms with van der Waals surface area (Å²) in [6.07, 6.45) is 40.4. The maximum Gasteiger partial charge on any atom is 0.308 e. The zero-order valence-corrected chi connectivity index (χ0v) is 53.6. The number of nitrogens with zero attached hydrogens (tertiary/aromatic N) is 7. The molecule has 0 aromatic rings. The first-order valence-corrected chi connectivity index (χ1v) is 33.1. The molecule has 0 aliphatic heterocycles. The van der Waals surface area contributed by atoms with E-state index in [1.165, 1.54) is 89.9 Å². The number of azide groups is 2. The average molecular weight is 1220 g/mol. The Kier molecular flexibility index (Phi) is 66.2. The lowest BCUT2D eigenvalue weighted by Gasteiger charge is -2.23. The van der Waals surface area contributed by atoms with Gasteiger partial charge in [-0.2, -0.15) is 0 Å². The number of rotatable bonds is 69. The molecule has 0 heterocycles. The summed E-state index contributed by atoms with van der Waals surface area (Å²) in [6, 6.07) is 0. The van der Waals surface area contributed by atoms with E-state index in [1.807, 2.05) is 0 Å². The van der Waals surface area contributed by atoms with E-state index in [2.05, 4.69) is 58.2 Å². The summed E-state index contributed by atoms with van der Waals surface area (Å²) in [5.41, 5.74) is 16.6. The molecule has 0 spiro atoms. The highest BCUT2D eigenvalue weighted by Crippen LogP contribution is 2.14. The third-order valence-electron chi connectivity index (χ3n) is 13.7. The predicted molar refractivity (Wildman–Crippen MR) is 336 cm³/mol. The van der Waals surface area contributed by atoms with Gasteiger partial charge in [0.1, 0.15) is 19.8 Å². The number of ether oxygens (including phenoxy) is 11. The summed E-state index contributed by atoms with van der Waals surface area (Å²) in [6.45, 7) is 10.3. The molecule has 498 valence electrons. The number of unbranched alkanes of at least 4 members (excludes halogenated alkanes) is 22. The SMILES string of the molecule is CCCCCCCC/C=C\CCCCCCCC(=O)OCC(COC(=O)CCCCCCC/C=C\CCCCCCCC)COC(=O)CCOCCOCCC(=O)N(CCOCCOCCOCCN=[N+]=[N-])CCOCCOCCOCCN=[N+]=[N-]. The van der Waals surface area contributed by atoms with Gasteiger partial charge in [-0.05, 0) is 75.3 Å². The van der Waals surface area contributed by atoms with Crippen LogP contribution in [0.1, 0.15) is 206 Å². The van der Waals surface area contributed by atoms with E-state index in [4.69, 9.17) is 63.2 Å². The second-order valence-corrected chi connectivity index (χ2v) is 21.3. The van der Waals surface area contributed by atoms with Crippen molar-refractivity contribution < 1.29 is 71.3 Å². The largest absolute Gasteiger partial charge is 0.465 e. The molecule has 0 rings (SSSR count). The maximum atomic E-state index is 13.2. The first-order chi connectivity index (χ1) is 42.4. The van der Waals surface area contributed by atoms with Crippen LogP contribution in [0.3, 0.4) is 0 Å². The van der Waals surface area contributed by atoms with Gasteiger partial charge in [-0.1, -0.05) is 151 Å². The highest BCUT2D eigenvalue weighted by atomic mass is 16.6. The number of carbonyl (C=O) groups is 4. The molecule has 0 bridgehead atoms. The fourth-order valence-corrected chi connectivity index (χ4v) is 8.56. The van der Waals surface area contributed by atoms with Crippen LogP contribution in [0.2, 0.25) is 0 Å². The summed E-state index contributed by atoms with van der Waals surface area (Å²) < 4.78 is 61.1. The van der Waals surface area contributed by atoms with Crippen LogP contribution in [0.5, 0.6) is 0 Å². The molecule has 86 heavy (non-hydrogen) atoms. The van der Waals surface area contributed by atoms with Gasteiger partial charge in [-0.15, -0.1) is 0 Å². The summed E-state index contributed by atoms with van der Waals surface area (Å²) in [5, 5.41) is 6.82. The smallest absolute Gasteiger partial charge is 0.308 e. The molecule has 0 aliphatic carbocycles. The molecule has 0 unspecified atom stereocenters. The quantitative estimate of drug-likeness (QED) is 0.0104. The number of carbonyl (C=O) groups excluding carboxylic acids is 4. The topological polar surface area (TPSA) is 271 Å². The molecule has 0 aliphatic rings. The van der Waals surface area contributed by atoms with E-state index >= 15 is 0 Å². The lowest BCUT2D eigenvalue weighted by Crippen LogP contribution is -2.37. The van der Waals surface area contributed by atoms with Crippen LogP contribution in [0.15, 0.2) is 34.5 Å². The van der Waals surface area contributed by atoms with E-state index in [0.29, 0.717) is 92.0 Å². The molecule has 0 saturated carbocycles.